The summed E-state index contributed by atoms with van der Waals surface area (Å²) >= 11 is 0. The van der Waals surface area contributed by atoms with Gasteiger partial charge in [0.2, 0.25) is 0 Å². The molecule has 1 nitrogen and oxygen atoms in total. The Bertz CT molecular complexity index is 697. The standard InChI is InChI=1S/C24H35N/c1-17(2)20-14-19(23(3,4)5)15-21(24(6,7)8)22(20)25-16-18-12-10-9-11-13-18/h9-15,17,25H,16H2,1-8H3. The summed E-state index contributed by atoms with van der Waals surface area (Å²) in [7, 11) is 0. The van der Waals surface area contributed by atoms with E-state index < -0.39 is 0 Å². The van der Waals surface area contributed by atoms with Crippen LogP contribution in [0, 0.1) is 0 Å². The van der Waals surface area contributed by atoms with E-state index in [1.807, 2.05) is 0 Å². The quantitative estimate of drug-likeness (QED) is 0.632. The van der Waals surface area contributed by atoms with E-state index in [0.717, 1.165) is 6.54 Å². The van der Waals surface area contributed by atoms with E-state index in [2.05, 4.69) is 103 Å². The van der Waals surface area contributed by atoms with Crippen molar-refractivity contribution in [1.29, 1.82) is 0 Å². The second-order valence-electron chi connectivity index (χ2n) is 9.48. The third-order valence-corrected chi connectivity index (χ3v) is 4.78. The Morgan fingerprint density at radius 3 is 1.92 bits per heavy atom. The first-order chi connectivity index (χ1) is 11.5. The summed E-state index contributed by atoms with van der Waals surface area (Å²) in [5.41, 5.74) is 7.15. The largest absolute Gasteiger partial charge is 0.380 e. The van der Waals surface area contributed by atoms with Gasteiger partial charge in [-0.25, -0.2) is 0 Å². The van der Waals surface area contributed by atoms with Crippen LogP contribution in [0.3, 0.4) is 0 Å². The van der Waals surface area contributed by atoms with E-state index in [1.165, 1.54) is 27.9 Å². The van der Waals surface area contributed by atoms with E-state index in [-0.39, 0.29) is 10.8 Å². The van der Waals surface area contributed by atoms with Crippen molar-refractivity contribution in [3.8, 4) is 0 Å². The Morgan fingerprint density at radius 1 is 0.840 bits per heavy atom. The second-order valence-corrected chi connectivity index (χ2v) is 9.48. The fourth-order valence-corrected chi connectivity index (χ4v) is 3.13. The zero-order chi connectivity index (χ0) is 18.8. The summed E-state index contributed by atoms with van der Waals surface area (Å²) in [6.07, 6.45) is 0. The van der Waals surface area contributed by atoms with Crippen molar-refractivity contribution in [3.05, 3.63) is 64.7 Å². The molecule has 0 amide bonds. The van der Waals surface area contributed by atoms with Gasteiger partial charge < -0.3 is 5.32 Å². The van der Waals surface area contributed by atoms with Crippen molar-refractivity contribution in [2.45, 2.75) is 78.7 Å². The number of rotatable bonds is 4. The first-order valence-corrected chi connectivity index (χ1v) is 9.47. The SMILES string of the molecule is CC(C)c1cc(C(C)(C)C)cc(C(C)(C)C)c1NCc1ccccc1. The maximum absolute atomic E-state index is 3.76. The molecule has 0 aromatic heterocycles. The summed E-state index contributed by atoms with van der Waals surface area (Å²) in [6.45, 7) is 19.3. The molecule has 0 bridgehead atoms. The van der Waals surface area contributed by atoms with Crippen LogP contribution in [0.1, 0.15) is 83.6 Å². The molecule has 0 radical (unpaired) electrons. The molecule has 0 saturated heterocycles. The highest BCUT2D eigenvalue weighted by Gasteiger charge is 2.25. The number of anilines is 1. The third-order valence-electron chi connectivity index (χ3n) is 4.78. The van der Waals surface area contributed by atoms with Gasteiger partial charge in [0.1, 0.15) is 0 Å². The molecule has 2 aromatic rings. The minimum Gasteiger partial charge on any atom is -0.380 e. The van der Waals surface area contributed by atoms with Crippen LogP contribution >= 0.6 is 0 Å². The zero-order valence-electron chi connectivity index (χ0n) is 17.3. The van der Waals surface area contributed by atoms with E-state index in [9.17, 15) is 0 Å². The highest BCUT2D eigenvalue weighted by atomic mass is 14.9. The molecular formula is C24H35N. The third kappa shape index (κ3) is 4.87. The average Bonchev–Trinajstić information content (AvgIpc) is 2.51. The highest BCUT2D eigenvalue weighted by molar-refractivity contribution is 5.63. The fraction of sp³-hybridized carbons (Fsp3) is 0.500. The van der Waals surface area contributed by atoms with Gasteiger partial charge in [-0.1, -0.05) is 97.9 Å². The van der Waals surface area contributed by atoms with E-state index in [1.54, 1.807) is 0 Å². The summed E-state index contributed by atoms with van der Waals surface area (Å²) in [5.74, 6) is 0.488. The Labute approximate surface area is 154 Å². The van der Waals surface area contributed by atoms with E-state index in [4.69, 9.17) is 0 Å². The molecule has 25 heavy (non-hydrogen) atoms. The molecule has 0 spiro atoms. The zero-order valence-corrected chi connectivity index (χ0v) is 17.3. The highest BCUT2D eigenvalue weighted by Crippen LogP contribution is 2.39. The summed E-state index contributed by atoms with van der Waals surface area (Å²) in [4.78, 5) is 0. The predicted molar refractivity (Wildman–Crippen MR) is 112 cm³/mol. The van der Waals surface area contributed by atoms with Gasteiger partial charge in [-0.15, -0.1) is 0 Å². The number of benzene rings is 2. The van der Waals surface area contributed by atoms with Crippen LogP contribution in [0.4, 0.5) is 5.69 Å². The molecule has 0 fully saturated rings. The van der Waals surface area contributed by atoms with E-state index in [0.29, 0.717) is 5.92 Å². The first kappa shape index (κ1) is 19.6. The van der Waals surface area contributed by atoms with Gasteiger partial charge in [-0.05, 0) is 39.0 Å². The molecule has 0 atom stereocenters. The van der Waals surface area contributed by atoms with Gasteiger partial charge in [0.15, 0.2) is 0 Å². The summed E-state index contributed by atoms with van der Waals surface area (Å²) < 4.78 is 0. The minimum atomic E-state index is 0.101. The van der Waals surface area contributed by atoms with Crippen LogP contribution in [0.5, 0.6) is 0 Å². The molecule has 136 valence electrons. The Kier molecular flexibility index (Phi) is 5.66. The topological polar surface area (TPSA) is 12.0 Å². The first-order valence-electron chi connectivity index (χ1n) is 9.47. The molecule has 0 aliphatic heterocycles. The molecule has 0 heterocycles. The van der Waals surface area contributed by atoms with Crippen LogP contribution in [0.15, 0.2) is 42.5 Å². The van der Waals surface area contributed by atoms with Crippen LogP contribution in [0.25, 0.3) is 0 Å². The van der Waals surface area contributed by atoms with Gasteiger partial charge in [0.05, 0.1) is 0 Å². The van der Waals surface area contributed by atoms with Crippen molar-refractivity contribution in [1.82, 2.24) is 0 Å². The molecule has 1 N–H and O–H groups in total. The number of hydrogen-bond donors (Lipinski definition) is 1. The molecule has 2 aromatic carbocycles. The van der Waals surface area contributed by atoms with Gasteiger partial charge in [0, 0.05) is 12.2 Å². The van der Waals surface area contributed by atoms with Gasteiger partial charge in [0.25, 0.3) is 0 Å². The van der Waals surface area contributed by atoms with Crippen molar-refractivity contribution in [2.24, 2.45) is 0 Å². The predicted octanol–water partition coefficient (Wildman–Crippen LogP) is 7.02. The lowest BCUT2D eigenvalue weighted by Gasteiger charge is -2.31. The van der Waals surface area contributed by atoms with Crippen molar-refractivity contribution >= 4 is 5.69 Å². The average molecular weight is 338 g/mol. The lowest BCUT2D eigenvalue weighted by atomic mass is 9.77. The van der Waals surface area contributed by atoms with Gasteiger partial charge >= 0.3 is 0 Å². The smallest absolute Gasteiger partial charge is 0.0416 e. The van der Waals surface area contributed by atoms with Crippen LogP contribution in [0.2, 0.25) is 0 Å². The van der Waals surface area contributed by atoms with Crippen molar-refractivity contribution < 1.29 is 0 Å². The number of nitrogens with one attached hydrogen (secondary N) is 1. The normalized spacial score (nSPS) is 12.5. The lowest BCUT2D eigenvalue weighted by Crippen LogP contribution is -2.20. The van der Waals surface area contributed by atoms with Crippen molar-refractivity contribution in [2.75, 3.05) is 5.32 Å². The van der Waals surface area contributed by atoms with Crippen LogP contribution in [-0.2, 0) is 17.4 Å². The Balaban J connectivity index is 2.55. The Hall–Kier alpha value is -1.76. The Morgan fingerprint density at radius 2 is 1.44 bits per heavy atom. The maximum atomic E-state index is 3.76. The lowest BCUT2D eigenvalue weighted by molar-refractivity contribution is 0.567. The second kappa shape index (κ2) is 7.23. The monoisotopic (exact) mass is 337 g/mol. The molecule has 2 rings (SSSR count). The molecule has 0 unspecified atom stereocenters. The molecule has 1 heteroatoms. The minimum absolute atomic E-state index is 0.101. The molecule has 0 aliphatic rings. The molecular weight excluding hydrogens is 302 g/mol. The molecule has 0 saturated carbocycles. The fourth-order valence-electron chi connectivity index (χ4n) is 3.13. The summed E-state index contributed by atoms with van der Waals surface area (Å²) in [5, 5.41) is 3.76. The van der Waals surface area contributed by atoms with E-state index >= 15 is 0 Å². The van der Waals surface area contributed by atoms with Gasteiger partial charge in [-0.3, -0.25) is 0 Å². The maximum Gasteiger partial charge on any atom is 0.0416 e. The van der Waals surface area contributed by atoms with Gasteiger partial charge in [-0.2, -0.15) is 0 Å². The molecule has 0 aliphatic carbocycles. The van der Waals surface area contributed by atoms with Crippen LogP contribution in [-0.4, -0.2) is 0 Å². The van der Waals surface area contributed by atoms with Crippen molar-refractivity contribution in [3.63, 3.8) is 0 Å². The summed E-state index contributed by atoms with van der Waals surface area (Å²) in [6, 6.07) is 15.5. The number of hydrogen-bond acceptors (Lipinski definition) is 1. The van der Waals surface area contributed by atoms with Crippen LogP contribution < -0.4 is 5.32 Å².